The zero-order valence-electron chi connectivity index (χ0n) is 12.1. The molecule has 0 radical (unpaired) electrons. The van der Waals surface area contributed by atoms with E-state index >= 15 is 0 Å². The van der Waals surface area contributed by atoms with Gasteiger partial charge < -0.3 is 17.1 Å². The fraction of sp³-hybridized carbons (Fsp3) is 1.00. The van der Waals surface area contributed by atoms with Crippen LogP contribution in [0, 0.1) is 0 Å². The van der Waals surface area contributed by atoms with E-state index in [1.165, 1.54) is 0 Å². The molecule has 1 fully saturated rings. The third kappa shape index (κ3) is 5.77. The average Bonchev–Trinajstić information content (AvgIpc) is 1.94. The highest BCUT2D eigenvalue weighted by Crippen LogP contribution is 2.24. The molecule has 0 amide bonds. The van der Waals surface area contributed by atoms with Gasteiger partial charge in [0.2, 0.25) is 0 Å². The maximum absolute atomic E-state index is 6.20. The SMILES string of the molecule is CC1CCO[Si](C)(C)O[Si](C)(C)O[Si](C)(C)O1. The molecule has 1 atom stereocenters. The normalized spacial score (nSPS) is 33.0. The Morgan fingerprint density at radius 2 is 1.35 bits per heavy atom. The molecule has 0 aromatic rings. The Labute approximate surface area is 108 Å². The van der Waals surface area contributed by atoms with Crippen molar-refractivity contribution in [2.24, 2.45) is 0 Å². The molecule has 17 heavy (non-hydrogen) atoms. The lowest BCUT2D eigenvalue weighted by Crippen LogP contribution is -2.56. The smallest absolute Gasteiger partial charge is 0.323 e. The van der Waals surface area contributed by atoms with Crippen LogP contribution in [0.15, 0.2) is 0 Å². The third-order valence-electron chi connectivity index (χ3n) is 2.44. The second-order valence-corrected chi connectivity index (χ2v) is 16.5. The Kier molecular flexibility index (Phi) is 4.79. The third-order valence-corrected chi connectivity index (χ3v) is 12.2. The van der Waals surface area contributed by atoms with E-state index in [0.29, 0.717) is 0 Å². The first-order chi connectivity index (χ1) is 7.52. The van der Waals surface area contributed by atoms with E-state index in [0.717, 1.165) is 13.0 Å². The zero-order chi connectivity index (χ0) is 13.3. The van der Waals surface area contributed by atoms with Crippen molar-refractivity contribution >= 4 is 25.7 Å². The van der Waals surface area contributed by atoms with Gasteiger partial charge in [0.05, 0.1) is 0 Å². The van der Waals surface area contributed by atoms with E-state index in [9.17, 15) is 0 Å². The maximum Gasteiger partial charge on any atom is 0.323 e. The molecular weight excluding hydrogens is 268 g/mol. The molecule has 7 heteroatoms. The van der Waals surface area contributed by atoms with Crippen LogP contribution < -0.4 is 0 Å². The molecular formula is C10H26O4Si3. The topological polar surface area (TPSA) is 36.9 Å². The van der Waals surface area contributed by atoms with Crippen molar-refractivity contribution in [3.05, 3.63) is 0 Å². The molecule has 1 heterocycles. The lowest BCUT2D eigenvalue weighted by atomic mass is 10.3. The summed E-state index contributed by atoms with van der Waals surface area (Å²) in [5.74, 6) is 0. The van der Waals surface area contributed by atoms with Crippen LogP contribution in [0.25, 0.3) is 0 Å². The average molecular weight is 295 g/mol. The lowest BCUT2D eigenvalue weighted by molar-refractivity contribution is 0.113. The summed E-state index contributed by atoms with van der Waals surface area (Å²) in [5, 5.41) is 0. The molecule has 1 aliphatic rings. The van der Waals surface area contributed by atoms with Crippen LogP contribution in [-0.4, -0.2) is 38.4 Å². The number of rotatable bonds is 0. The van der Waals surface area contributed by atoms with Crippen molar-refractivity contribution in [1.29, 1.82) is 0 Å². The molecule has 1 unspecified atom stereocenters. The quantitative estimate of drug-likeness (QED) is 0.644. The summed E-state index contributed by atoms with van der Waals surface area (Å²) in [5.41, 5.74) is 0. The van der Waals surface area contributed by atoms with E-state index < -0.39 is 25.7 Å². The molecule has 1 aliphatic heterocycles. The summed E-state index contributed by atoms with van der Waals surface area (Å²) in [7, 11) is -6.29. The Morgan fingerprint density at radius 3 is 1.94 bits per heavy atom. The van der Waals surface area contributed by atoms with E-state index in [1.54, 1.807) is 0 Å². The molecule has 0 saturated carbocycles. The minimum absolute atomic E-state index is 0.198. The highest BCUT2D eigenvalue weighted by atomic mass is 28.5. The Bertz CT molecular complexity index is 268. The number of hydrogen-bond acceptors (Lipinski definition) is 4. The molecule has 1 saturated heterocycles. The van der Waals surface area contributed by atoms with Crippen molar-refractivity contribution in [2.75, 3.05) is 6.61 Å². The lowest BCUT2D eigenvalue weighted by Gasteiger charge is -2.40. The predicted octanol–water partition coefficient (Wildman–Crippen LogP) is 2.95. The molecule has 0 bridgehead atoms. The van der Waals surface area contributed by atoms with Crippen LogP contribution in [0.4, 0.5) is 0 Å². The van der Waals surface area contributed by atoms with Gasteiger partial charge in [0.15, 0.2) is 0 Å². The van der Waals surface area contributed by atoms with E-state index in [-0.39, 0.29) is 6.10 Å². The second kappa shape index (κ2) is 5.24. The van der Waals surface area contributed by atoms with Crippen molar-refractivity contribution in [3.63, 3.8) is 0 Å². The van der Waals surface area contributed by atoms with Gasteiger partial charge in [-0.2, -0.15) is 0 Å². The molecule has 0 aromatic carbocycles. The first-order valence-corrected chi connectivity index (χ1v) is 14.7. The van der Waals surface area contributed by atoms with Crippen LogP contribution in [0.1, 0.15) is 13.3 Å². The van der Waals surface area contributed by atoms with Crippen molar-refractivity contribution < 1.29 is 17.1 Å². The Hall–Kier alpha value is 0.491. The van der Waals surface area contributed by atoms with Crippen LogP contribution >= 0.6 is 0 Å². The Morgan fingerprint density at radius 1 is 0.824 bits per heavy atom. The zero-order valence-corrected chi connectivity index (χ0v) is 15.1. The van der Waals surface area contributed by atoms with Gasteiger partial charge in [-0.1, -0.05) is 0 Å². The van der Waals surface area contributed by atoms with Crippen molar-refractivity contribution in [2.45, 2.75) is 58.7 Å². The van der Waals surface area contributed by atoms with Crippen LogP contribution in [-0.2, 0) is 17.1 Å². The van der Waals surface area contributed by atoms with Gasteiger partial charge in [-0.05, 0) is 52.6 Å². The minimum atomic E-state index is -2.15. The summed E-state index contributed by atoms with van der Waals surface area (Å²) >= 11 is 0. The van der Waals surface area contributed by atoms with Crippen LogP contribution in [0.5, 0.6) is 0 Å². The van der Waals surface area contributed by atoms with E-state index in [4.69, 9.17) is 17.1 Å². The summed E-state index contributed by atoms with van der Waals surface area (Å²) in [4.78, 5) is 0. The summed E-state index contributed by atoms with van der Waals surface area (Å²) in [6.07, 6.45) is 1.10. The van der Waals surface area contributed by atoms with Gasteiger partial charge in [0.1, 0.15) is 0 Å². The predicted molar refractivity (Wildman–Crippen MR) is 75.7 cm³/mol. The largest absolute Gasteiger partial charge is 0.415 e. The minimum Gasteiger partial charge on any atom is -0.415 e. The van der Waals surface area contributed by atoms with E-state index in [2.05, 4.69) is 46.2 Å². The summed E-state index contributed by atoms with van der Waals surface area (Å²) in [6.45, 7) is 15.3. The van der Waals surface area contributed by atoms with Gasteiger partial charge >= 0.3 is 25.7 Å². The van der Waals surface area contributed by atoms with Gasteiger partial charge in [0, 0.05) is 12.7 Å². The molecule has 4 nitrogen and oxygen atoms in total. The molecule has 0 N–H and O–H groups in total. The van der Waals surface area contributed by atoms with Gasteiger partial charge in [-0.25, -0.2) is 0 Å². The maximum atomic E-state index is 6.20. The second-order valence-electron chi connectivity index (χ2n) is 5.97. The van der Waals surface area contributed by atoms with Crippen LogP contribution in [0.2, 0.25) is 39.3 Å². The highest BCUT2D eigenvalue weighted by Gasteiger charge is 2.43. The van der Waals surface area contributed by atoms with Gasteiger partial charge in [0.25, 0.3) is 0 Å². The van der Waals surface area contributed by atoms with Gasteiger partial charge in [-0.3, -0.25) is 0 Å². The monoisotopic (exact) mass is 294 g/mol. The van der Waals surface area contributed by atoms with Crippen LogP contribution in [0.3, 0.4) is 0 Å². The molecule has 0 aromatic heterocycles. The standard InChI is InChI=1S/C10H26O4Si3/c1-10-8-9-11-15(2,3)13-17(6,7)14-16(4,5)12-10/h10H,8-9H2,1-7H3. The summed E-state index contributed by atoms with van der Waals surface area (Å²) in [6, 6.07) is 0. The van der Waals surface area contributed by atoms with Crippen molar-refractivity contribution in [3.8, 4) is 0 Å². The summed E-state index contributed by atoms with van der Waals surface area (Å²) < 4.78 is 24.3. The van der Waals surface area contributed by atoms with Crippen molar-refractivity contribution in [1.82, 2.24) is 0 Å². The van der Waals surface area contributed by atoms with Gasteiger partial charge in [-0.15, -0.1) is 0 Å². The first kappa shape index (κ1) is 15.5. The molecule has 102 valence electrons. The van der Waals surface area contributed by atoms with E-state index in [1.807, 2.05) is 0 Å². The highest BCUT2D eigenvalue weighted by molar-refractivity contribution is 6.84. The molecule has 1 rings (SSSR count). The number of hydrogen-bond donors (Lipinski definition) is 0. The fourth-order valence-electron chi connectivity index (χ4n) is 2.27. The molecule has 0 aliphatic carbocycles. The fourth-order valence-corrected chi connectivity index (χ4v) is 14.4. The Balaban J connectivity index is 2.83. The molecule has 0 spiro atoms. The first-order valence-electron chi connectivity index (χ1n) is 6.23.